The van der Waals surface area contributed by atoms with Crippen LogP contribution in [0.25, 0.3) is 0 Å². The van der Waals surface area contributed by atoms with Crippen molar-refractivity contribution in [3.63, 3.8) is 0 Å². The maximum atomic E-state index is 13.2. The summed E-state index contributed by atoms with van der Waals surface area (Å²) in [7, 11) is 0. The lowest BCUT2D eigenvalue weighted by Crippen LogP contribution is -2.59. The quantitative estimate of drug-likeness (QED) is 0.236. The molecule has 1 aromatic rings. The summed E-state index contributed by atoms with van der Waals surface area (Å²) in [6.45, 7) is 5.35. The number of phenols is 1. The standard InChI is InChI=1S/C24H34N6O7/c1-12(2)20-24(37)29-17(9-15-5-7-16(31)8-6-15)23(36)26-10-18(32)25-11-19(33)27-13(3)21(34)28-14(4)22(35)30-20/h5-8,12-14,17,20,31H,9-11H2,1-4H3,(H,25,32)(H,26,36)(H,27,33)(H,28,34)(H,29,37)(H,30,35)/t13-,14-,17+,20-/m1/s1. The molecular formula is C24H34N6O7. The maximum Gasteiger partial charge on any atom is 0.243 e. The molecule has 37 heavy (non-hydrogen) atoms. The molecule has 1 fully saturated rings. The second-order valence-electron chi connectivity index (χ2n) is 9.18. The molecule has 13 heteroatoms. The molecule has 2 rings (SSSR count). The Bertz CT molecular complexity index is 1030. The van der Waals surface area contributed by atoms with Gasteiger partial charge in [0, 0.05) is 6.42 Å². The molecule has 1 aliphatic heterocycles. The highest BCUT2D eigenvalue weighted by atomic mass is 16.3. The number of hydrogen-bond donors (Lipinski definition) is 7. The number of amides is 6. The van der Waals surface area contributed by atoms with Gasteiger partial charge in [-0.3, -0.25) is 28.8 Å². The van der Waals surface area contributed by atoms with Gasteiger partial charge in [0.25, 0.3) is 0 Å². The van der Waals surface area contributed by atoms with E-state index in [1.807, 2.05) is 0 Å². The second-order valence-corrected chi connectivity index (χ2v) is 9.18. The minimum Gasteiger partial charge on any atom is -0.508 e. The van der Waals surface area contributed by atoms with Crippen molar-refractivity contribution in [2.45, 2.75) is 58.3 Å². The lowest BCUT2D eigenvalue weighted by molar-refractivity contribution is -0.135. The number of carbonyl (C=O) groups is 6. The van der Waals surface area contributed by atoms with E-state index in [-0.39, 0.29) is 18.1 Å². The van der Waals surface area contributed by atoms with E-state index in [4.69, 9.17) is 0 Å². The van der Waals surface area contributed by atoms with Crippen molar-refractivity contribution in [3.8, 4) is 5.75 Å². The van der Waals surface area contributed by atoms with Crippen LogP contribution in [0.5, 0.6) is 5.75 Å². The van der Waals surface area contributed by atoms with E-state index in [0.717, 1.165) is 0 Å². The Hall–Kier alpha value is -4.16. The first kappa shape index (κ1) is 29.1. The van der Waals surface area contributed by atoms with Crippen molar-refractivity contribution in [2.24, 2.45) is 5.92 Å². The zero-order valence-corrected chi connectivity index (χ0v) is 21.2. The van der Waals surface area contributed by atoms with E-state index < -0.39 is 72.7 Å². The first-order valence-electron chi connectivity index (χ1n) is 11.9. The highest BCUT2D eigenvalue weighted by molar-refractivity contribution is 5.96. The van der Waals surface area contributed by atoms with Crippen LogP contribution in [-0.4, -0.2) is 77.8 Å². The summed E-state index contributed by atoms with van der Waals surface area (Å²) in [5.74, 6) is -4.20. The highest BCUT2D eigenvalue weighted by Crippen LogP contribution is 2.12. The summed E-state index contributed by atoms with van der Waals surface area (Å²) in [5.41, 5.74) is 0.622. The fourth-order valence-electron chi connectivity index (χ4n) is 3.45. The summed E-state index contributed by atoms with van der Waals surface area (Å²) in [6.07, 6.45) is 0.0327. The summed E-state index contributed by atoms with van der Waals surface area (Å²) in [5, 5.41) is 24.4. The monoisotopic (exact) mass is 518 g/mol. The summed E-state index contributed by atoms with van der Waals surface area (Å²) < 4.78 is 0. The molecule has 4 atom stereocenters. The Morgan fingerprint density at radius 1 is 0.730 bits per heavy atom. The molecule has 0 unspecified atom stereocenters. The number of carbonyl (C=O) groups excluding carboxylic acids is 6. The molecule has 0 radical (unpaired) electrons. The van der Waals surface area contributed by atoms with Gasteiger partial charge in [0.2, 0.25) is 35.4 Å². The van der Waals surface area contributed by atoms with Crippen LogP contribution in [0, 0.1) is 5.92 Å². The van der Waals surface area contributed by atoms with Gasteiger partial charge in [-0.15, -0.1) is 0 Å². The molecule has 0 saturated carbocycles. The van der Waals surface area contributed by atoms with Crippen LogP contribution < -0.4 is 31.9 Å². The molecule has 6 amide bonds. The van der Waals surface area contributed by atoms with Crippen LogP contribution >= 0.6 is 0 Å². The highest BCUT2D eigenvalue weighted by Gasteiger charge is 2.31. The average molecular weight is 519 g/mol. The number of benzene rings is 1. The zero-order valence-electron chi connectivity index (χ0n) is 21.2. The van der Waals surface area contributed by atoms with Gasteiger partial charge in [-0.2, -0.15) is 0 Å². The molecule has 13 nitrogen and oxygen atoms in total. The number of phenolic OH excluding ortho intramolecular Hbond substituents is 1. The lowest BCUT2D eigenvalue weighted by Gasteiger charge is -2.27. The van der Waals surface area contributed by atoms with Gasteiger partial charge in [0.1, 0.15) is 29.9 Å². The summed E-state index contributed by atoms with van der Waals surface area (Å²) in [4.78, 5) is 75.5. The molecule has 0 spiro atoms. The van der Waals surface area contributed by atoms with Crippen LogP contribution in [0.3, 0.4) is 0 Å². The van der Waals surface area contributed by atoms with E-state index in [1.165, 1.54) is 26.0 Å². The van der Waals surface area contributed by atoms with Crippen molar-refractivity contribution in [1.82, 2.24) is 31.9 Å². The van der Waals surface area contributed by atoms with E-state index in [0.29, 0.717) is 5.56 Å². The van der Waals surface area contributed by atoms with Crippen molar-refractivity contribution in [2.75, 3.05) is 13.1 Å². The van der Waals surface area contributed by atoms with Crippen LogP contribution in [0.1, 0.15) is 33.3 Å². The van der Waals surface area contributed by atoms with Crippen LogP contribution in [0.4, 0.5) is 0 Å². The van der Waals surface area contributed by atoms with E-state index in [2.05, 4.69) is 31.9 Å². The fourth-order valence-corrected chi connectivity index (χ4v) is 3.45. The smallest absolute Gasteiger partial charge is 0.243 e. The molecule has 1 aliphatic rings. The molecule has 1 saturated heterocycles. The van der Waals surface area contributed by atoms with Crippen LogP contribution in [-0.2, 0) is 35.2 Å². The Labute approximate surface area is 214 Å². The van der Waals surface area contributed by atoms with Crippen molar-refractivity contribution in [3.05, 3.63) is 29.8 Å². The van der Waals surface area contributed by atoms with Crippen LogP contribution in [0.15, 0.2) is 24.3 Å². The van der Waals surface area contributed by atoms with Gasteiger partial charge in [-0.1, -0.05) is 26.0 Å². The molecule has 1 aromatic carbocycles. The second kappa shape index (κ2) is 13.2. The summed E-state index contributed by atoms with van der Waals surface area (Å²) >= 11 is 0. The number of aromatic hydroxyl groups is 1. The van der Waals surface area contributed by atoms with Gasteiger partial charge >= 0.3 is 0 Å². The Balaban J connectivity index is 2.31. The Morgan fingerprint density at radius 2 is 1.30 bits per heavy atom. The van der Waals surface area contributed by atoms with Crippen molar-refractivity contribution < 1.29 is 33.9 Å². The third-order valence-electron chi connectivity index (χ3n) is 5.65. The topological polar surface area (TPSA) is 195 Å². The average Bonchev–Trinajstić information content (AvgIpc) is 2.84. The molecule has 0 bridgehead atoms. The maximum absolute atomic E-state index is 13.2. The molecule has 1 heterocycles. The summed E-state index contributed by atoms with van der Waals surface area (Å²) in [6, 6.07) is 1.84. The SMILES string of the molecule is CC(C)[C@H]1NC(=O)[C@@H](C)NC(=O)[C@@H](C)NC(=O)CNC(=O)CNC(=O)[C@H](Cc2ccc(O)cc2)NC1=O. The van der Waals surface area contributed by atoms with Gasteiger partial charge in [0.15, 0.2) is 0 Å². The first-order valence-corrected chi connectivity index (χ1v) is 11.9. The minimum atomic E-state index is -1.12. The fraction of sp³-hybridized carbons (Fsp3) is 0.500. The molecule has 202 valence electrons. The molecule has 7 N–H and O–H groups in total. The largest absolute Gasteiger partial charge is 0.508 e. The third-order valence-corrected chi connectivity index (χ3v) is 5.65. The lowest BCUT2D eigenvalue weighted by atomic mass is 10.0. The van der Waals surface area contributed by atoms with Crippen LogP contribution in [0.2, 0.25) is 0 Å². The zero-order chi connectivity index (χ0) is 27.7. The Kier molecular flexibility index (Phi) is 10.4. The predicted molar refractivity (Wildman–Crippen MR) is 132 cm³/mol. The van der Waals surface area contributed by atoms with Gasteiger partial charge < -0.3 is 37.0 Å². The first-order chi connectivity index (χ1) is 17.4. The van der Waals surface area contributed by atoms with Crippen molar-refractivity contribution >= 4 is 35.4 Å². The number of rotatable bonds is 3. The van der Waals surface area contributed by atoms with E-state index in [9.17, 15) is 33.9 Å². The molecule has 0 aromatic heterocycles. The van der Waals surface area contributed by atoms with E-state index in [1.54, 1.807) is 26.0 Å². The number of nitrogens with one attached hydrogen (secondary N) is 6. The minimum absolute atomic E-state index is 0.0286. The van der Waals surface area contributed by atoms with E-state index >= 15 is 0 Å². The Morgan fingerprint density at radius 3 is 1.92 bits per heavy atom. The van der Waals surface area contributed by atoms with Gasteiger partial charge in [-0.05, 0) is 37.5 Å². The van der Waals surface area contributed by atoms with Gasteiger partial charge in [-0.25, -0.2) is 0 Å². The van der Waals surface area contributed by atoms with Gasteiger partial charge in [0.05, 0.1) is 13.1 Å². The normalized spacial score (nSPS) is 25.0. The predicted octanol–water partition coefficient (Wildman–Crippen LogP) is -2.18. The molecular weight excluding hydrogens is 484 g/mol. The third kappa shape index (κ3) is 9.09. The number of hydrogen-bond acceptors (Lipinski definition) is 7. The van der Waals surface area contributed by atoms with Crippen molar-refractivity contribution in [1.29, 1.82) is 0 Å². The molecule has 0 aliphatic carbocycles.